The molecule has 3 nitrogen and oxygen atoms in total. The van der Waals surface area contributed by atoms with Crippen molar-refractivity contribution in [1.82, 2.24) is 4.98 Å². The van der Waals surface area contributed by atoms with E-state index in [9.17, 15) is 0 Å². The van der Waals surface area contributed by atoms with E-state index in [0.717, 1.165) is 35.9 Å². The molecule has 1 rings (SSSR count). The lowest BCUT2D eigenvalue weighted by atomic mass is 10.3. The number of aromatic nitrogens is 1. The van der Waals surface area contributed by atoms with Gasteiger partial charge in [-0.05, 0) is 37.0 Å². The van der Waals surface area contributed by atoms with Crippen LogP contribution in [0.15, 0.2) is 12.1 Å². The smallest absolute Gasteiger partial charge is 0.142 e. The van der Waals surface area contributed by atoms with E-state index in [0.29, 0.717) is 6.54 Å². The van der Waals surface area contributed by atoms with Crippen LogP contribution in [-0.4, -0.2) is 23.1 Å². The summed E-state index contributed by atoms with van der Waals surface area (Å²) in [5.74, 6) is 3.14. The van der Waals surface area contributed by atoms with Gasteiger partial charge in [0.05, 0.1) is 12.3 Å². The van der Waals surface area contributed by atoms with Crippen LogP contribution >= 0.6 is 11.8 Å². The van der Waals surface area contributed by atoms with Gasteiger partial charge in [0, 0.05) is 12.2 Å². The van der Waals surface area contributed by atoms with Gasteiger partial charge in [-0.2, -0.15) is 11.8 Å². The third-order valence-corrected chi connectivity index (χ3v) is 3.15. The van der Waals surface area contributed by atoms with E-state index in [2.05, 4.69) is 11.9 Å². The molecule has 90 valence electrons. The lowest BCUT2D eigenvalue weighted by molar-refractivity contribution is 0.313. The summed E-state index contributed by atoms with van der Waals surface area (Å²) in [5, 5.41) is 0. The van der Waals surface area contributed by atoms with Gasteiger partial charge in [0.2, 0.25) is 0 Å². The van der Waals surface area contributed by atoms with Crippen molar-refractivity contribution in [2.75, 3.05) is 18.1 Å². The van der Waals surface area contributed by atoms with Crippen molar-refractivity contribution in [3.63, 3.8) is 0 Å². The zero-order valence-corrected chi connectivity index (χ0v) is 10.8. The first-order valence-corrected chi connectivity index (χ1v) is 6.80. The molecule has 0 aromatic carbocycles. The topological polar surface area (TPSA) is 48.1 Å². The molecule has 1 heterocycles. The van der Waals surface area contributed by atoms with E-state index >= 15 is 0 Å². The number of aryl methyl sites for hydroxylation is 1. The molecule has 0 bridgehead atoms. The maximum absolute atomic E-state index is 5.67. The number of nitrogens with zero attached hydrogens (tertiary/aromatic N) is 1. The van der Waals surface area contributed by atoms with Crippen molar-refractivity contribution in [2.45, 2.75) is 26.8 Å². The Hall–Kier alpha value is -0.740. The molecule has 4 heteroatoms. The molecular formula is C12H20N2OS. The van der Waals surface area contributed by atoms with Crippen molar-refractivity contribution in [3.05, 3.63) is 23.5 Å². The minimum atomic E-state index is 0.431. The zero-order chi connectivity index (χ0) is 11.8. The second-order valence-electron chi connectivity index (χ2n) is 3.50. The van der Waals surface area contributed by atoms with Crippen LogP contribution in [0.3, 0.4) is 0 Å². The number of hydrogen-bond acceptors (Lipinski definition) is 4. The van der Waals surface area contributed by atoms with Crippen LogP contribution in [0, 0.1) is 6.92 Å². The summed E-state index contributed by atoms with van der Waals surface area (Å²) in [6.07, 6.45) is 1.07. The number of hydrogen-bond donors (Lipinski definition) is 1. The molecule has 0 radical (unpaired) electrons. The van der Waals surface area contributed by atoms with Gasteiger partial charge in [0.15, 0.2) is 0 Å². The van der Waals surface area contributed by atoms with Crippen molar-refractivity contribution < 1.29 is 4.74 Å². The summed E-state index contributed by atoms with van der Waals surface area (Å²) in [5.41, 5.74) is 7.46. The minimum Gasteiger partial charge on any atom is -0.492 e. The van der Waals surface area contributed by atoms with Crippen LogP contribution < -0.4 is 10.5 Å². The Morgan fingerprint density at radius 1 is 1.44 bits per heavy atom. The van der Waals surface area contributed by atoms with E-state index in [1.54, 1.807) is 0 Å². The Bertz CT molecular complexity index is 318. The highest BCUT2D eigenvalue weighted by Crippen LogP contribution is 2.16. The van der Waals surface area contributed by atoms with Gasteiger partial charge in [-0.25, -0.2) is 0 Å². The Morgan fingerprint density at radius 2 is 2.25 bits per heavy atom. The van der Waals surface area contributed by atoms with Gasteiger partial charge in [-0.1, -0.05) is 6.92 Å². The Balaban J connectivity index is 2.41. The highest BCUT2D eigenvalue weighted by molar-refractivity contribution is 7.99. The molecular weight excluding hydrogens is 220 g/mol. The van der Waals surface area contributed by atoms with E-state index in [1.165, 1.54) is 5.75 Å². The van der Waals surface area contributed by atoms with E-state index in [1.807, 2.05) is 30.8 Å². The van der Waals surface area contributed by atoms with Gasteiger partial charge >= 0.3 is 0 Å². The summed E-state index contributed by atoms with van der Waals surface area (Å²) >= 11 is 1.94. The quantitative estimate of drug-likeness (QED) is 0.743. The molecule has 2 N–H and O–H groups in total. The van der Waals surface area contributed by atoms with Crippen LogP contribution in [0.1, 0.15) is 24.7 Å². The Morgan fingerprint density at radius 3 is 2.94 bits per heavy atom. The van der Waals surface area contributed by atoms with Gasteiger partial charge < -0.3 is 10.5 Å². The summed E-state index contributed by atoms with van der Waals surface area (Å²) in [6.45, 7) is 5.30. The number of rotatable bonds is 7. The number of thioether (sulfide) groups is 1. The molecule has 0 aliphatic rings. The average molecular weight is 240 g/mol. The third kappa shape index (κ3) is 4.41. The maximum atomic E-state index is 5.67. The fourth-order valence-corrected chi connectivity index (χ4v) is 1.97. The molecule has 0 atom stereocenters. The van der Waals surface area contributed by atoms with E-state index in [-0.39, 0.29) is 0 Å². The van der Waals surface area contributed by atoms with Crippen molar-refractivity contribution >= 4 is 11.8 Å². The number of nitrogens with two attached hydrogens (primary N) is 1. The molecule has 0 unspecified atom stereocenters. The minimum absolute atomic E-state index is 0.431. The molecule has 16 heavy (non-hydrogen) atoms. The van der Waals surface area contributed by atoms with Crippen LogP contribution in [0.2, 0.25) is 0 Å². The monoisotopic (exact) mass is 240 g/mol. The highest BCUT2D eigenvalue weighted by atomic mass is 32.2. The van der Waals surface area contributed by atoms with Gasteiger partial charge in [0.25, 0.3) is 0 Å². The molecule has 0 aliphatic carbocycles. The standard InChI is InChI=1S/C12H20N2OS/c1-3-16-8-4-7-15-12-6-5-10(2)14-11(12)9-13/h5-6H,3-4,7-9,13H2,1-2H3. The van der Waals surface area contributed by atoms with Crippen molar-refractivity contribution in [3.8, 4) is 5.75 Å². The lowest BCUT2D eigenvalue weighted by Gasteiger charge is -2.10. The third-order valence-electron chi connectivity index (χ3n) is 2.16. The van der Waals surface area contributed by atoms with Gasteiger partial charge in [0.1, 0.15) is 5.75 Å². The average Bonchev–Trinajstić information content (AvgIpc) is 2.30. The molecule has 0 amide bonds. The first-order chi connectivity index (χ1) is 7.77. The van der Waals surface area contributed by atoms with E-state index < -0.39 is 0 Å². The number of ether oxygens (including phenoxy) is 1. The van der Waals surface area contributed by atoms with Crippen molar-refractivity contribution in [1.29, 1.82) is 0 Å². The fraction of sp³-hybridized carbons (Fsp3) is 0.583. The maximum Gasteiger partial charge on any atom is 0.142 e. The summed E-state index contributed by atoms with van der Waals surface area (Å²) in [4.78, 5) is 4.35. The molecule has 0 saturated carbocycles. The zero-order valence-electron chi connectivity index (χ0n) is 10.0. The van der Waals surface area contributed by atoms with Crippen LogP contribution in [0.25, 0.3) is 0 Å². The fourth-order valence-electron chi connectivity index (χ4n) is 1.36. The molecule has 0 aliphatic heterocycles. The summed E-state index contributed by atoms with van der Waals surface area (Å²) in [7, 11) is 0. The molecule has 1 aromatic heterocycles. The Labute approximate surface area is 102 Å². The molecule has 1 aromatic rings. The summed E-state index contributed by atoms with van der Waals surface area (Å²) < 4.78 is 5.67. The van der Waals surface area contributed by atoms with Gasteiger partial charge in [-0.15, -0.1) is 0 Å². The van der Waals surface area contributed by atoms with E-state index in [4.69, 9.17) is 10.5 Å². The second kappa shape index (κ2) is 7.52. The van der Waals surface area contributed by atoms with Crippen LogP contribution in [-0.2, 0) is 6.54 Å². The first kappa shape index (κ1) is 13.3. The predicted molar refractivity (Wildman–Crippen MR) is 70.0 cm³/mol. The SMILES string of the molecule is CCSCCCOc1ccc(C)nc1CN. The van der Waals surface area contributed by atoms with Crippen molar-refractivity contribution in [2.24, 2.45) is 5.73 Å². The lowest BCUT2D eigenvalue weighted by Crippen LogP contribution is -2.07. The largest absolute Gasteiger partial charge is 0.492 e. The number of pyridine rings is 1. The highest BCUT2D eigenvalue weighted by Gasteiger charge is 2.03. The first-order valence-electron chi connectivity index (χ1n) is 5.65. The van der Waals surface area contributed by atoms with Crippen LogP contribution in [0.4, 0.5) is 0 Å². The predicted octanol–water partition coefficient (Wildman–Crippen LogP) is 2.37. The Kier molecular flexibility index (Phi) is 6.26. The molecule has 0 spiro atoms. The second-order valence-corrected chi connectivity index (χ2v) is 4.89. The van der Waals surface area contributed by atoms with Gasteiger partial charge in [-0.3, -0.25) is 4.98 Å². The van der Waals surface area contributed by atoms with Crippen LogP contribution in [0.5, 0.6) is 5.75 Å². The molecule has 0 saturated heterocycles. The summed E-state index contributed by atoms with van der Waals surface area (Å²) in [6, 6.07) is 3.91. The molecule has 0 fully saturated rings. The normalized spacial score (nSPS) is 10.4.